The van der Waals surface area contributed by atoms with Crippen molar-refractivity contribution in [1.82, 2.24) is 5.32 Å². The van der Waals surface area contributed by atoms with Gasteiger partial charge < -0.3 is 14.8 Å². The van der Waals surface area contributed by atoms with Crippen LogP contribution >= 0.6 is 0 Å². The van der Waals surface area contributed by atoms with Gasteiger partial charge in [-0.25, -0.2) is 0 Å². The van der Waals surface area contributed by atoms with Crippen LogP contribution < -0.4 is 5.32 Å². The summed E-state index contributed by atoms with van der Waals surface area (Å²) in [7, 11) is 0. The molecule has 2 atom stereocenters. The summed E-state index contributed by atoms with van der Waals surface area (Å²) in [6, 6.07) is 0. The molecule has 0 spiro atoms. The summed E-state index contributed by atoms with van der Waals surface area (Å²) in [5.41, 5.74) is 0. The predicted molar refractivity (Wildman–Crippen MR) is 60.0 cm³/mol. The van der Waals surface area contributed by atoms with E-state index in [2.05, 4.69) is 12.2 Å². The van der Waals surface area contributed by atoms with Gasteiger partial charge in [-0.3, -0.25) is 0 Å². The van der Waals surface area contributed by atoms with Gasteiger partial charge in [0.2, 0.25) is 0 Å². The molecular formula is C12H23NO2. The smallest absolute Gasteiger partial charge is 0.0814 e. The molecule has 0 bridgehead atoms. The fourth-order valence-corrected chi connectivity index (χ4v) is 2.14. The summed E-state index contributed by atoms with van der Waals surface area (Å²) >= 11 is 0. The molecule has 3 nitrogen and oxygen atoms in total. The highest BCUT2D eigenvalue weighted by molar-refractivity contribution is 4.76. The number of likely N-dealkylation sites (N-methyl/N-ethyl adjacent to an activating group) is 1. The highest BCUT2D eigenvalue weighted by Crippen LogP contribution is 2.25. The average molecular weight is 213 g/mol. The largest absolute Gasteiger partial charge is 0.376 e. The van der Waals surface area contributed by atoms with Crippen molar-refractivity contribution in [2.45, 2.75) is 57.3 Å². The maximum Gasteiger partial charge on any atom is 0.0814 e. The number of hydrogen-bond donors (Lipinski definition) is 1. The molecule has 1 aliphatic carbocycles. The highest BCUT2D eigenvalue weighted by atomic mass is 16.5. The monoisotopic (exact) mass is 213 g/mol. The molecule has 0 aromatic carbocycles. The van der Waals surface area contributed by atoms with Crippen molar-refractivity contribution in [2.24, 2.45) is 0 Å². The van der Waals surface area contributed by atoms with Gasteiger partial charge in [-0.1, -0.05) is 6.92 Å². The summed E-state index contributed by atoms with van der Waals surface area (Å²) in [4.78, 5) is 0. The fourth-order valence-electron chi connectivity index (χ4n) is 2.14. The van der Waals surface area contributed by atoms with Gasteiger partial charge >= 0.3 is 0 Å². The Morgan fingerprint density at radius 2 is 2.00 bits per heavy atom. The first-order valence-corrected chi connectivity index (χ1v) is 6.36. The Morgan fingerprint density at radius 1 is 1.20 bits per heavy atom. The summed E-state index contributed by atoms with van der Waals surface area (Å²) in [5, 5.41) is 3.33. The van der Waals surface area contributed by atoms with E-state index in [9.17, 15) is 0 Å². The zero-order valence-corrected chi connectivity index (χ0v) is 9.71. The molecule has 1 aliphatic heterocycles. The highest BCUT2D eigenvalue weighted by Gasteiger charge is 2.27. The molecule has 2 aliphatic rings. The van der Waals surface area contributed by atoms with Gasteiger partial charge in [0.25, 0.3) is 0 Å². The van der Waals surface area contributed by atoms with E-state index in [0.717, 1.165) is 19.7 Å². The second kappa shape index (κ2) is 5.83. The molecule has 0 amide bonds. The lowest BCUT2D eigenvalue weighted by molar-refractivity contribution is -0.0625. The van der Waals surface area contributed by atoms with Gasteiger partial charge in [-0.15, -0.1) is 0 Å². The molecule has 1 heterocycles. The molecule has 2 fully saturated rings. The van der Waals surface area contributed by atoms with Crippen LogP contribution in [0.1, 0.15) is 39.0 Å². The van der Waals surface area contributed by atoms with Gasteiger partial charge in [-0.2, -0.15) is 0 Å². The molecular weight excluding hydrogens is 190 g/mol. The van der Waals surface area contributed by atoms with Crippen LogP contribution in [0.15, 0.2) is 0 Å². The van der Waals surface area contributed by atoms with Gasteiger partial charge in [0.05, 0.1) is 24.9 Å². The van der Waals surface area contributed by atoms with Crippen LogP contribution in [0.4, 0.5) is 0 Å². The molecule has 1 saturated carbocycles. The molecule has 2 unspecified atom stereocenters. The standard InChI is InChI=1S/C12H23NO2/c1-2-13-8-11-6-7-12(15-11)9-14-10-4-3-5-10/h10-13H,2-9H2,1H3. The lowest BCUT2D eigenvalue weighted by Gasteiger charge is -2.27. The first kappa shape index (κ1) is 11.4. The Hall–Kier alpha value is -0.120. The van der Waals surface area contributed by atoms with Gasteiger partial charge in [0, 0.05) is 6.54 Å². The van der Waals surface area contributed by atoms with Gasteiger partial charge in [0.1, 0.15) is 0 Å². The summed E-state index contributed by atoms with van der Waals surface area (Å²) in [5.74, 6) is 0. The molecule has 1 N–H and O–H groups in total. The number of rotatable bonds is 6. The molecule has 2 rings (SSSR count). The molecule has 15 heavy (non-hydrogen) atoms. The minimum absolute atomic E-state index is 0.356. The quantitative estimate of drug-likeness (QED) is 0.728. The first-order valence-electron chi connectivity index (χ1n) is 6.36. The number of ether oxygens (including phenoxy) is 2. The van der Waals surface area contributed by atoms with Crippen molar-refractivity contribution in [2.75, 3.05) is 19.7 Å². The van der Waals surface area contributed by atoms with Crippen LogP contribution in [0, 0.1) is 0 Å². The lowest BCUT2D eigenvalue weighted by atomic mass is 9.96. The maximum atomic E-state index is 5.89. The van der Waals surface area contributed by atoms with Gasteiger partial charge in [0.15, 0.2) is 0 Å². The Morgan fingerprint density at radius 3 is 2.67 bits per heavy atom. The van der Waals surface area contributed by atoms with E-state index in [1.54, 1.807) is 0 Å². The van der Waals surface area contributed by atoms with Crippen molar-refractivity contribution in [1.29, 1.82) is 0 Å². The minimum Gasteiger partial charge on any atom is -0.376 e. The molecule has 3 heteroatoms. The third-order valence-corrected chi connectivity index (χ3v) is 3.39. The molecule has 0 aromatic rings. The van der Waals surface area contributed by atoms with Crippen molar-refractivity contribution < 1.29 is 9.47 Å². The summed E-state index contributed by atoms with van der Waals surface area (Å²) in [6.07, 6.45) is 7.53. The Kier molecular flexibility index (Phi) is 4.42. The topological polar surface area (TPSA) is 30.5 Å². The molecule has 88 valence electrons. The molecule has 1 saturated heterocycles. The van der Waals surface area contributed by atoms with Crippen LogP contribution in [0.5, 0.6) is 0 Å². The summed E-state index contributed by atoms with van der Waals surface area (Å²) < 4.78 is 11.7. The van der Waals surface area contributed by atoms with Crippen LogP contribution in [-0.2, 0) is 9.47 Å². The van der Waals surface area contributed by atoms with Crippen LogP contribution in [0.3, 0.4) is 0 Å². The van der Waals surface area contributed by atoms with E-state index in [0.29, 0.717) is 18.3 Å². The van der Waals surface area contributed by atoms with E-state index in [1.165, 1.54) is 32.1 Å². The molecule has 0 radical (unpaired) electrons. The van der Waals surface area contributed by atoms with E-state index >= 15 is 0 Å². The van der Waals surface area contributed by atoms with Crippen LogP contribution in [-0.4, -0.2) is 38.0 Å². The third kappa shape index (κ3) is 3.44. The van der Waals surface area contributed by atoms with E-state index in [4.69, 9.17) is 9.47 Å². The second-order valence-corrected chi connectivity index (χ2v) is 4.65. The second-order valence-electron chi connectivity index (χ2n) is 4.65. The Labute approximate surface area is 92.5 Å². The minimum atomic E-state index is 0.356. The maximum absolute atomic E-state index is 5.89. The SMILES string of the molecule is CCNCC1CCC(COC2CCC2)O1. The van der Waals surface area contributed by atoms with E-state index < -0.39 is 0 Å². The first-order chi connectivity index (χ1) is 7.38. The molecule has 0 aromatic heterocycles. The Bertz CT molecular complexity index is 182. The lowest BCUT2D eigenvalue weighted by Crippen LogP contribution is -2.29. The van der Waals surface area contributed by atoms with Crippen molar-refractivity contribution in [3.63, 3.8) is 0 Å². The number of nitrogens with one attached hydrogen (secondary N) is 1. The third-order valence-electron chi connectivity index (χ3n) is 3.39. The van der Waals surface area contributed by atoms with Gasteiger partial charge in [-0.05, 0) is 38.6 Å². The van der Waals surface area contributed by atoms with Crippen LogP contribution in [0.2, 0.25) is 0 Å². The van der Waals surface area contributed by atoms with E-state index in [1.807, 2.05) is 0 Å². The average Bonchev–Trinajstić information content (AvgIpc) is 2.60. The predicted octanol–water partition coefficient (Wildman–Crippen LogP) is 1.71. The van der Waals surface area contributed by atoms with Crippen molar-refractivity contribution in [3.8, 4) is 0 Å². The van der Waals surface area contributed by atoms with Crippen molar-refractivity contribution in [3.05, 3.63) is 0 Å². The van der Waals surface area contributed by atoms with E-state index in [-0.39, 0.29) is 0 Å². The fraction of sp³-hybridized carbons (Fsp3) is 1.00. The van der Waals surface area contributed by atoms with Crippen molar-refractivity contribution >= 4 is 0 Å². The Balaban J connectivity index is 1.55. The number of hydrogen-bond acceptors (Lipinski definition) is 3. The summed E-state index contributed by atoms with van der Waals surface area (Å²) in [6.45, 7) is 4.97. The normalized spacial score (nSPS) is 31.8. The zero-order chi connectivity index (χ0) is 10.5. The zero-order valence-electron chi connectivity index (χ0n) is 9.71. The van der Waals surface area contributed by atoms with Crippen LogP contribution in [0.25, 0.3) is 0 Å².